The largest absolute Gasteiger partial charge is 0.253 e. The van der Waals surface area contributed by atoms with Gasteiger partial charge in [0.05, 0.1) is 0 Å². The summed E-state index contributed by atoms with van der Waals surface area (Å²) in [5.41, 5.74) is 0.858. The minimum atomic E-state index is -3.52. The van der Waals surface area contributed by atoms with Crippen molar-refractivity contribution in [2.75, 3.05) is 7.05 Å². The van der Waals surface area contributed by atoms with Crippen LogP contribution in [0.2, 0.25) is 5.02 Å². The molecular weight excluding hydrogens is 382 g/mol. The first kappa shape index (κ1) is 16.0. The molecule has 0 amide bonds. The minimum absolute atomic E-state index is 0.298. The first-order chi connectivity index (χ1) is 9.34. The number of halogens is 2. The average molecular weight is 395 g/mol. The summed E-state index contributed by atoms with van der Waals surface area (Å²) in [7, 11) is -1.95. The molecule has 0 saturated carbocycles. The van der Waals surface area contributed by atoms with Crippen molar-refractivity contribution in [1.29, 1.82) is 0 Å². The second-order valence-corrected chi connectivity index (χ2v) is 8.71. The molecule has 0 aliphatic heterocycles. The zero-order chi connectivity index (χ0) is 14.9. The van der Waals surface area contributed by atoms with Gasteiger partial charge in [-0.05, 0) is 52.0 Å². The van der Waals surface area contributed by atoms with Crippen LogP contribution in [-0.4, -0.2) is 19.8 Å². The van der Waals surface area contributed by atoms with E-state index in [1.54, 1.807) is 30.6 Å². The molecule has 108 valence electrons. The van der Waals surface area contributed by atoms with Gasteiger partial charge in [0.1, 0.15) is 4.21 Å². The lowest BCUT2D eigenvalue weighted by Crippen LogP contribution is -2.29. The molecule has 0 aliphatic carbocycles. The number of benzene rings is 1. The lowest BCUT2D eigenvalue weighted by molar-refractivity contribution is 0.399. The molecule has 2 rings (SSSR count). The van der Waals surface area contributed by atoms with Gasteiger partial charge in [0.2, 0.25) is 0 Å². The van der Waals surface area contributed by atoms with Crippen LogP contribution in [0.15, 0.2) is 44.4 Å². The maximum Gasteiger partial charge on any atom is 0.253 e. The van der Waals surface area contributed by atoms with E-state index in [2.05, 4.69) is 15.9 Å². The van der Waals surface area contributed by atoms with Gasteiger partial charge < -0.3 is 0 Å². The molecule has 3 nitrogen and oxygen atoms in total. The molecule has 1 aromatic heterocycles. The highest BCUT2D eigenvalue weighted by Gasteiger charge is 2.29. The van der Waals surface area contributed by atoms with E-state index < -0.39 is 10.0 Å². The maximum absolute atomic E-state index is 12.6. The Morgan fingerprint density at radius 1 is 1.35 bits per heavy atom. The SMILES string of the molecule is CC(c1cccc(Cl)c1)N(C)S(=O)(=O)c1sccc1Br. The van der Waals surface area contributed by atoms with Gasteiger partial charge in [-0.25, -0.2) is 8.42 Å². The minimum Gasteiger partial charge on any atom is -0.206 e. The van der Waals surface area contributed by atoms with Crippen molar-refractivity contribution >= 4 is 48.9 Å². The smallest absolute Gasteiger partial charge is 0.206 e. The van der Waals surface area contributed by atoms with Crippen LogP contribution < -0.4 is 0 Å². The van der Waals surface area contributed by atoms with Crippen molar-refractivity contribution in [2.24, 2.45) is 0 Å². The maximum atomic E-state index is 12.6. The Kier molecular flexibility index (Phi) is 4.92. The summed E-state index contributed by atoms with van der Waals surface area (Å²) in [5, 5.41) is 2.34. The quantitative estimate of drug-likeness (QED) is 0.763. The van der Waals surface area contributed by atoms with Crippen LogP contribution >= 0.6 is 38.9 Å². The van der Waals surface area contributed by atoms with Crippen molar-refractivity contribution in [3.05, 3.63) is 50.8 Å². The molecule has 1 unspecified atom stereocenters. The molecule has 1 heterocycles. The van der Waals surface area contributed by atoms with Crippen LogP contribution in [0.25, 0.3) is 0 Å². The van der Waals surface area contributed by atoms with Gasteiger partial charge in [-0.1, -0.05) is 23.7 Å². The number of rotatable bonds is 4. The van der Waals surface area contributed by atoms with E-state index in [0.717, 1.165) is 5.56 Å². The Morgan fingerprint density at radius 2 is 2.05 bits per heavy atom. The third kappa shape index (κ3) is 3.09. The zero-order valence-electron chi connectivity index (χ0n) is 10.9. The number of thiophene rings is 1. The highest BCUT2D eigenvalue weighted by atomic mass is 79.9. The standard InChI is InChI=1S/C13H13BrClNO2S2/c1-9(10-4-3-5-11(15)8-10)16(2)20(17,18)13-12(14)6-7-19-13/h3-9H,1-2H3. The summed E-state index contributed by atoms with van der Waals surface area (Å²) in [6, 6.07) is 8.66. The van der Waals surface area contributed by atoms with Gasteiger partial charge in [0.15, 0.2) is 0 Å². The fourth-order valence-corrected chi connectivity index (χ4v) is 5.81. The molecule has 0 saturated heterocycles. The van der Waals surface area contributed by atoms with E-state index in [9.17, 15) is 8.42 Å². The van der Waals surface area contributed by atoms with E-state index in [0.29, 0.717) is 13.7 Å². The summed E-state index contributed by atoms with van der Waals surface area (Å²) in [6.45, 7) is 1.84. The molecule has 0 bridgehead atoms. The highest BCUT2D eigenvalue weighted by Crippen LogP contribution is 2.33. The van der Waals surface area contributed by atoms with Gasteiger partial charge in [0, 0.05) is 22.6 Å². The molecular formula is C13H13BrClNO2S2. The van der Waals surface area contributed by atoms with Gasteiger partial charge in [-0.2, -0.15) is 4.31 Å². The Hall–Kier alpha value is -0.400. The van der Waals surface area contributed by atoms with E-state index in [1.165, 1.54) is 15.6 Å². The van der Waals surface area contributed by atoms with Crippen LogP contribution in [0.5, 0.6) is 0 Å². The first-order valence-electron chi connectivity index (χ1n) is 5.80. The number of hydrogen-bond acceptors (Lipinski definition) is 3. The Bertz CT molecular complexity index is 715. The normalized spacial score (nSPS) is 13.7. The van der Waals surface area contributed by atoms with Gasteiger partial charge in [-0.15, -0.1) is 11.3 Å². The van der Waals surface area contributed by atoms with Crippen LogP contribution in [0.3, 0.4) is 0 Å². The number of sulfonamides is 1. The van der Waals surface area contributed by atoms with E-state index in [1.807, 2.05) is 19.1 Å². The summed E-state index contributed by atoms with van der Waals surface area (Å²) in [4.78, 5) is 0. The fourth-order valence-electron chi connectivity index (χ4n) is 1.78. The van der Waals surface area contributed by atoms with Crippen LogP contribution in [0, 0.1) is 0 Å². The molecule has 1 aromatic carbocycles. The van der Waals surface area contributed by atoms with Crippen LogP contribution in [0.4, 0.5) is 0 Å². The van der Waals surface area contributed by atoms with Gasteiger partial charge >= 0.3 is 0 Å². The second kappa shape index (κ2) is 6.15. The molecule has 20 heavy (non-hydrogen) atoms. The third-order valence-electron chi connectivity index (χ3n) is 3.07. The molecule has 1 atom stereocenters. The Labute approximate surface area is 136 Å². The molecule has 0 N–H and O–H groups in total. The summed E-state index contributed by atoms with van der Waals surface area (Å²) < 4.78 is 27.4. The number of hydrogen-bond donors (Lipinski definition) is 0. The van der Waals surface area contributed by atoms with E-state index in [-0.39, 0.29) is 6.04 Å². The van der Waals surface area contributed by atoms with Crippen LogP contribution in [0.1, 0.15) is 18.5 Å². The molecule has 0 radical (unpaired) electrons. The fraction of sp³-hybridized carbons (Fsp3) is 0.231. The average Bonchev–Trinajstić information content (AvgIpc) is 2.84. The Morgan fingerprint density at radius 3 is 2.60 bits per heavy atom. The van der Waals surface area contributed by atoms with Crippen molar-refractivity contribution in [1.82, 2.24) is 4.31 Å². The molecule has 7 heteroatoms. The van der Waals surface area contributed by atoms with Gasteiger partial charge in [-0.3, -0.25) is 0 Å². The molecule has 0 spiro atoms. The Balaban J connectivity index is 2.36. The lowest BCUT2D eigenvalue weighted by Gasteiger charge is -2.24. The molecule has 0 fully saturated rings. The third-order valence-corrected chi connectivity index (χ3v) is 7.88. The topological polar surface area (TPSA) is 37.4 Å². The molecule has 2 aromatic rings. The predicted molar refractivity (Wildman–Crippen MR) is 86.8 cm³/mol. The zero-order valence-corrected chi connectivity index (χ0v) is 14.9. The summed E-state index contributed by atoms with van der Waals surface area (Å²) >= 11 is 10.4. The second-order valence-electron chi connectivity index (χ2n) is 4.31. The predicted octanol–water partition coefficient (Wildman–Crippen LogP) is 4.55. The number of nitrogens with zero attached hydrogens (tertiary/aromatic N) is 1. The first-order valence-corrected chi connectivity index (χ1v) is 9.29. The molecule has 0 aliphatic rings. The van der Waals surface area contributed by atoms with Crippen molar-refractivity contribution in [2.45, 2.75) is 17.2 Å². The summed E-state index contributed by atoms with van der Waals surface area (Å²) in [5.74, 6) is 0. The van der Waals surface area contributed by atoms with E-state index >= 15 is 0 Å². The van der Waals surface area contributed by atoms with Crippen LogP contribution in [-0.2, 0) is 10.0 Å². The van der Waals surface area contributed by atoms with Crippen molar-refractivity contribution < 1.29 is 8.42 Å². The monoisotopic (exact) mass is 393 g/mol. The summed E-state index contributed by atoms with van der Waals surface area (Å²) in [6.07, 6.45) is 0. The van der Waals surface area contributed by atoms with Crippen molar-refractivity contribution in [3.8, 4) is 0 Å². The highest BCUT2D eigenvalue weighted by molar-refractivity contribution is 9.10. The lowest BCUT2D eigenvalue weighted by atomic mass is 10.1. The van der Waals surface area contributed by atoms with Crippen molar-refractivity contribution in [3.63, 3.8) is 0 Å². The van der Waals surface area contributed by atoms with E-state index in [4.69, 9.17) is 11.6 Å². The van der Waals surface area contributed by atoms with Gasteiger partial charge in [0.25, 0.3) is 10.0 Å².